The Morgan fingerprint density at radius 3 is 2.38 bits per heavy atom. The predicted molar refractivity (Wildman–Crippen MR) is 131 cm³/mol. The fraction of sp³-hybridized carbons (Fsp3) is 0.680. The molecule has 2 aliphatic heterocycles. The van der Waals surface area contributed by atoms with Gasteiger partial charge in [-0.25, -0.2) is 0 Å². The van der Waals surface area contributed by atoms with Crippen molar-refractivity contribution < 1.29 is 9.59 Å². The van der Waals surface area contributed by atoms with Gasteiger partial charge in [0.05, 0.1) is 6.04 Å². The van der Waals surface area contributed by atoms with Crippen LogP contribution in [0.25, 0.3) is 0 Å². The normalized spacial score (nSPS) is 22.1. The monoisotopic (exact) mass is 504 g/mol. The van der Waals surface area contributed by atoms with Crippen molar-refractivity contribution in [3.63, 3.8) is 0 Å². The standard InChI is InChI=1S/C25H37BrN4O2/c26-22-10-6-9-21(19-22)25(32)30-17-15-29(16-18-30)23(20-7-2-3-8-20)24(31)27-11-14-28-12-4-1-5-13-28/h6,9-10,19-20,23H,1-5,7-8,11-18H2,(H,27,31)/t23-/m1/s1. The Bertz CT molecular complexity index is 769. The molecule has 4 rings (SSSR count). The van der Waals surface area contributed by atoms with E-state index in [-0.39, 0.29) is 17.9 Å². The zero-order valence-electron chi connectivity index (χ0n) is 19.1. The SMILES string of the molecule is O=C(NCCN1CCCCC1)[C@@H](C1CCCC1)N1CCN(C(=O)c2cccc(Br)c2)CC1. The molecule has 2 heterocycles. The smallest absolute Gasteiger partial charge is 0.253 e. The van der Waals surface area contributed by atoms with Gasteiger partial charge in [-0.2, -0.15) is 0 Å². The van der Waals surface area contributed by atoms with Gasteiger partial charge in [0, 0.05) is 49.3 Å². The van der Waals surface area contributed by atoms with Gasteiger partial charge in [0.15, 0.2) is 0 Å². The number of likely N-dealkylation sites (tertiary alicyclic amines) is 1. The molecule has 0 radical (unpaired) electrons. The third-order valence-electron chi connectivity index (χ3n) is 7.36. The van der Waals surface area contributed by atoms with E-state index in [1.54, 1.807) is 0 Å². The molecule has 1 aliphatic carbocycles. The van der Waals surface area contributed by atoms with E-state index in [1.807, 2.05) is 29.2 Å². The molecule has 0 aromatic heterocycles. The largest absolute Gasteiger partial charge is 0.353 e. The Hall–Kier alpha value is -1.44. The van der Waals surface area contributed by atoms with Gasteiger partial charge < -0.3 is 15.1 Å². The number of hydrogen-bond donors (Lipinski definition) is 1. The average Bonchev–Trinajstić information content (AvgIpc) is 3.34. The van der Waals surface area contributed by atoms with Crippen molar-refractivity contribution in [2.24, 2.45) is 5.92 Å². The number of piperazine rings is 1. The molecule has 2 amide bonds. The molecule has 32 heavy (non-hydrogen) atoms. The Kier molecular flexibility index (Phi) is 8.61. The summed E-state index contributed by atoms with van der Waals surface area (Å²) in [6.07, 6.45) is 8.63. The van der Waals surface area contributed by atoms with Crippen molar-refractivity contribution in [2.75, 3.05) is 52.4 Å². The topological polar surface area (TPSA) is 55.9 Å². The molecule has 176 valence electrons. The Morgan fingerprint density at radius 1 is 0.969 bits per heavy atom. The van der Waals surface area contributed by atoms with Gasteiger partial charge in [-0.1, -0.05) is 41.3 Å². The Balaban J connectivity index is 1.32. The second-order valence-corrected chi connectivity index (χ2v) is 10.4. The first kappa shape index (κ1) is 23.7. The minimum absolute atomic E-state index is 0.0537. The Morgan fingerprint density at radius 2 is 1.69 bits per heavy atom. The highest BCUT2D eigenvalue weighted by Crippen LogP contribution is 2.31. The van der Waals surface area contributed by atoms with Crippen LogP contribution in [0.15, 0.2) is 28.7 Å². The van der Waals surface area contributed by atoms with E-state index >= 15 is 0 Å². The summed E-state index contributed by atoms with van der Waals surface area (Å²) in [5, 5.41) is 3.26. The first-order chi connectivity index (χ1) is 15.6. The van der Waals surface area contributed by atoms with E-state index in [9.17, 15) is 9.59 Å². The van der Waals surface area contributed by atoms with Crippen LogP contribution < -0.4 is 5.32 Å². The minimum Gasteiger partial charge on any atom is -0.353 e. The first-order valence-electron chi connectivity index (χ1n) is 12.4. The maximum atomic E-state index is 13.3. The van der Waals surface area contributed by atoms with Crippen LogP contribution in [0, 0.1) is 5.92 Å². The van der Waals surface area contributed by atoms with Crippen LogP contribution in [0.4, 0.5) is 0 Å². The summed E-state index contributed by atoms with van der Waals surface area (Å²) in [6, 6.07) is 7.53. The number of nitrogens with one attached hydrogen (secondary N) is 1. The van der Waals surface area contributed by atoms with Crippen LogP contribution in [0.5, 0.6) is 0 Å². The summed E-state index contributed by atoms with van der Waals surface area (Å²) in [4.78, 5) is 32.9. The third-order valence-corrected chi connectivity index (χ3v) is 7.85. The molecule has 1 aromatic rings. The van der Waals surface area contributed by atoms with E-state index in [1.165, 1.54) is 32.1 Å². The number of nitrogens with zero attached hydrogens (tertiary/aromatic N) is 3. The van der Waals surface area contributed by atoms with Crippen LogP contribution >= 0.6 is 15.9 Å². The van der Waals surface area contributed by atoms with Crippen LogP contribution in [0.3, 0.4) is 0 Å². The lowest BCUT2D eigenvalue weighted by Gasteiger charge is -2.41. The van der Waals surface area contributed by atoms with Crippen LogP contribution in [0.1, 0.15) is 55.3 Å². The summed E-state index contributed by atoms with van der Waals surface area (Å²) in [7, 11) is 0. The molecule has 1 atom stereocenters. The van der Waals surface area contributed by atoms with Gasteiger partial charge in [-0.15, -0.1) is 0 Å². The van der Waals surface area contributed by atoms with E-state index in [4.69, 9.17) is 0 Å². The maximum Gasteiger partial charge on any atom is 0.253 e. The highest BCUT2D eigenvalue weighted by atomic mass is 79.9. The van der Waals surface area contributed by atoms with Crippen molar-refractivity contribution in [3.8, 4) is 0 Å². The predicted octanol–water partition coefficient (Wildman–Crippen LogP) is 3.37. The van der Waals surface area contributed by atoms with Gasteiger partial charge in [0.2, 0.25) is 5.91 Å². The lowest BCUT2D eigenvalue weighted by Crippen LogP contribution is -2.58. The average molecular weight is 506 g/mol. The van der Waals surface area contributed by atoms with E-state index in [0.29, 0.717) is 19.0 Å². The van der Waals surface area contributed by atoms with Crippen molar-refractivity contribution in [1.29, 1.82) is 0 Å². The van der Waals surface area contributed by atoms with Gasteiger partial charge in [0.1, 0.15) is 0 Å². The summed E-state index contributed by atoms with van der Waals surface area (Å²) >= 11 is 3.46. The number of amides is 2. The van der Waals surface area contributed by atoms with Crippen LogP contribution in [-0.4, -0.2) is 84.9 Å². The van der Waals surface area contributed by atoms with Crippen molar-refractivity contribution in [3.05, 3.63) is 34.3 Å². The fourth-order valence-corrected chi connectivity index (χ4v) is 5.98. The maximum absolute atomic E-state index is 13.3. The molecular weight excluding hydrogens is 468 g/mol. The second kappa shape index (κ2) is 11.6. The summed E-state index contributed by atoms with van der Waals surface area (Å²) in [5.74, 6) is 0.715. The number of carbonyl (C=O) groups excluding carboxylic acids is 2. The molecule has 1 aromatic carbocycles. The van der Waals surface area contributed by atoms with Crippen LogP contribution in [-0.2, 0) is 4.79 Å². The minimum atomic E-state index is -0.0537. The zero-order valence-corrected chi connectivity index (χ0v) is 20.7. The lowest BCUT2D eigenvalue weighted by atomic mass is 9.95. The molecule has 0 bridgehead atoms. The van der Waals surface area contributed by atoms with E-state index < -0.39 is 0 Å². The van der Waals surface area contributed by atoms with Gasteiger partial charge >= 0.3 is 0 Å². The third kappa shape index (κ3) is 6.12. The molecule has 1 saturated carbocycles. The highest BCUT2D eigenvalue weighted by molar-refractivity contribution is 9.10. The quantitative estimate of drug-likeness (QED) is 0.618. The summed E-state index contributed by atoms with van der Waals surface area (Å²) in [6.45, 7) is 6.90. The molecule has 0 unspecified atom stereocenters. The number of rotatable bonds is 7. The number of benzene rings is 1. The van der Waals surface area contributed by atoms with E-state index in [0.717, 1.165) is 62.1 Å². The van der Waals surface area contributed by atoms with Crippen molar-refractivity contribution in [1.82, 2.24) is 20.0 Å². The fourth-order valence-electron chi connectivity index (χ4n) is 5.58. The molecule has 6 nitrogen and oxygen atoms in total. The van der Waals surface area contributed by atoms with E-state index in [2.05, 4.69) is 31.0 Å². The molecule has 0 spiro atoms. The molecule has 2 saturated heterocycles. The molecule has 3 aliphatic rings. The molecule has 3 fully saturated rings. The number of hydrogen-bond acceptors (Lipinski definition) is 4. The molecule has 7 heteroatoms. The Labute approximate surface area is 200 Å². The zero-order chi connectivity index (χ0) is 22.3. The molecular formula is C25H37BrN4O2. The number of carbonyl (C=O) groups is 2. The van der Waals surface area contributed by atoms with Gasteiger partial charge in [-0.05, 0) is 62.9 Å². The molecule has 1 N–H and O–H groups in total. The summed E-state index contributed by atoms with van der Waals surface area (Å²) < 4.78 is 0.921. The van der Waals surface area contributed by atoms with Gasteiger partial charge in [0.25, 0.3) is 5.91 Å². The number of piperidine rings is 1. The first-order valence-corrected chi connectivity index (χ1v) is 13.2. The number of halogens is 1. The van der Waals surface area contributed by atoms with Crippen molar-refractivity contribution in [2.45, 2.75) is 51.0 Å². The van der Waals surface area contributed by atoms with Gasteiger partial charge in [-0.3, -0.25) is 14.5 Å². The lowest BCUT2D eigenvalue weighted by molar-refractivity contribution is -0.129. The van der Waals surface area contributed by atoms with Crippen molar-refractivity contribution >= 4 is 27.7 Å². The second-order valence-electron chi connectivity index (χ2n) is 9.52. The summed E-state index contributed by atoms with van der Waals surface area (Å²) in [5.41, 5.74) is 0.718. The van der Waals surface area contributed by atoms with Crippen LogP contribution in [0.2, 0.25) is 0 Å². The highest BCUT2D eigenvalue weighted by Gasteiger charge is 2.37.